The average molecular weight is 281 g/mol. The van der Waals surface area contributed by atoms with Crippen LogP contribution in [0.4, 0.5) is 11.6 Å². The molecule has 0 saturated heterocycles. The lowest BCUT2D eigenvalue weighted by atomic mass is 10.1. The molecular weight excluding hydrogens is 262 g/mol. The Balaban J connectivity index is 2.13. The zero-order valence-electron chi connectivity index (χ0n) is 12.3. The molecule has 0 aliphatic heterocycles. The highest BCUT2D eigenvalue weighted by Crippen LogP contribution is 2.21. The summed E-state index contributed by atoms with van der Waals surface area (Å²) in [6, 6.07) is 9.66. The summed E-state index contributed by atoms with van der Waals surface area (Å²) < 4.78 is 0. The lowest BCUT2D eigenvalue weighted by molar-refractivity contribution is 0.899. The first-order chi connectivity index (χ1) is 10.3. The Labute approximate surface area is 125 Å². The first kappa shape index (κ1) is 14.8. The second-order valence-electron chi connectivity index (χ2n) is 4.71. The Hall–Kier alpha value is -2.61. The van der Waals surface area contributed by atoms with Crippen LogP contribution in [0.3, 0.4) is 0 Å². The van der Waals surface area contributed by atoms with Gasteiger partial charge in [0.1, 0.15) is 18.0 Å². The maximum absolute atomic E-state index is 8.80. The van der Waals surface area contributed by atoms with Gasteiger partial charge in [0.05, 0.1) is 11.6 Å². The zero-order chi connectivity index (χ0) is 15.1. The van der Waals surface area contributed by atoms with E-state index in [4.69, 9.17) is 5.26 Å². The fourth-order valence-corrected chi connectivity index (χ4v) is 2.15. The highest BCUT2D eigenvalue weighted by molar-refractivity contribution is 5.57. The van der Waals surface area contributed by atoms with Gasteiger partial charge in [0.25, 0.3) is 0 Å². The van der Waals surface area contributed by atoms with E-state index in [2.05, 4.69) is 33.6 Å². The number of hydrogen-bond donors (Lipinski definition) is 2. The summed E-state index contributed by atoms with van der Waals surface area (Å²) in [7, 11) is 1.87. The summed E-state index contributed by atoms with van der Waals surface area (Å²) >= 11 is 0. The number of aromatic nitrogens is 2. The van der Waals surface area contributed by atoms with Gasteiger partial charge < -0.3 is 10.6 Å². The number of rotatable bonds is 6. The number of nitriles is 1. The predicted octanol–water partition coefficient (Wildman–Crippen LogP) is 2.95. The molecule has 2 N–H and O–H groups in total. The van der Waals surface area contributed by atoms with Gasteiger partial charge in [0, 0.05) is 19.2 Å². The van der Waals surface area contributed by atoms with Gasteiger partial charge in [0.15, 0.2) is 0 Å². The van der Waals surface area contributed by atoms with Gasteiger partial charge in [-0.05, 0) is 24.1 Å². The zero-order valence-corrected chi connectivity index (χ0v) is 12.3. The van der Waals surface area contributed by atoms with E-state index in [9.17, 15) is 0 Å². The fourth-order valence-electron chi connectivity index (χ4n) is 2.15. The van der Waals surface area contributed by atoms with Gasteiger partial charge in [-0.1, -0.05) is 25.5 Å². The van der Waals surface area contributed by atoms with Gasteiger partial charge in [-0.25, -0.2) is 9.97 Å². The van der Waals surface area contributed by atoms with E-state index >= 15 is 0 Å². The number of hydrogen-bond acceptors (Lipinski definition) is 5. The molecule has 108 valence electrons. The monoisotopic (exact) mass is 281 g/mol. The molecule has 0 atom stereocenters. The molecular formula is C16H19N5. The van der Waals surface area contributed by atoms with E-state index in [0.29, 0.717) is 12.1 Å². The van der Waals surface area contributed by atoms with Crippen LogP contribution in [-0.4, -0.2) is 17.0 Å². The van der Waals surface area contributed by atoms with Gasteiger partial charge in [-0.15, -0.1) is 0 Å². The number of nitrogens with zero attached hydrogens (tertiary/aromatic N) is 3. The van der Waals surface area contributed by atoms with Crippen LogP contribution in [0, 0.1) is 11.3 Å². The molecule has 2 aromatic rings. The molecule has 1 aromatic carbocycles. The van der Waals surface area contributed by atoms with Crippen molar-refractivity contribution in [3.63, 3.8) is 0 Å². The van der Waals surface area contributed by atoms with E-state index in [1.807, 2.05) is 31.3 Å². The summed E-state index contributed by atoms with van der Waals surface area (Å²) in [5.74, 6) is 1.73. The largest absolute Gasteiger partial charge is 0.373 e. The summed E-state index contributed by atoms with van der Waals surface area (Å²) in [5, 5.41) is 15.3. The number of anilines is 2. The van der Waals surface area contributed by atoms with Crippen molar-refractivity contribution in [2.75, 3.05) is 17.7 Å². The maximum atomic E-state index is 8.80. The van der Waals surface area contributed by atoms with Crippen LogP contribution in [-0.2, 0) is 13.0 Å². The normalized spacial score (nSPS) is 9.95. The molecule has 1 heterocycles. The molecule has 0 amide bonds. The Morgan fingerprint density at radius 1 is 1.14 bits per heavy atom. The number of nitrogens with one attached hydrogen (secondary N) is 2. The quantitative estimate of drug-likeness (QED) is 0.851. The van der Waals surface area contributed by atoms with Crippen LogP contribution in [0.5, 0.6) is 0 Å². The SMILES string of the molecule is CCCc1c(NC)ncnc1NCc1ccc(C#N)cc1. The molecule has 0 bridgehead atoms. The van der Waals surface area contributed by atoms with Crippen LogP contribution in [0.25, 0.3) is 0 Å². The van der Waals surface area contributed by atoms with Crippen molar-refractivity contribution < 1.29 is 0 Å². The highest BCUT2D eigenvalue weighted by atomic mass is 15.1. The number of benzene rings is 1. The summed E-state index contributed by atoms with van der Waals surface area (Å²) in [4.78, 5) is 8.60. The molecule has 21 heavy (non-hydrogen) atoms. The maximum Gasteiger partial charge on any atom is 0.134 e. The molecule has 0 spiro atoms. The topological polar surface area (TPSA) is 73.6 Å². The van der Waals surface area contributed by atoms with Crippen molar-refractivity contribution >= 4 is 11.6 Å². The molecule has 2 rings (SSSR count). The van der Waals surface area contributed by atoms with Crippen molar-refractivity contribution in [1.82, 2.24) is 9.97 Å². The van der Waals surface area contributed by atoms with E-state index < -0.39 is 0 Å². The van der Waals surface area contributed by atoms with Gasteiger partial charge in [-0.2, -0.15) is 5.26 Å². The van der Waals surface area contributed by atoms with Crippen molar-refractivity contribution in [2.24, 2.45) is 0 Å². The third kappa shape index (κ3) is 3.69. The summed E-state index contributed by atoms with van der Waals surface area (Å²) in [5.41, 5.74) is 2.89. The van der Waals surface area contributed by atoms with Gasteiger partial charge in [-0.3, -0.25) is 0 Å². The van der Waals surface area contributed by atoms with E-state index in [-0.39, 0.29) is 0 Å². The standard InChI is InChI=1S/C16H19N5/c1-3-4-14-15(18-2)20-11-21-16(14)19-10-13-7-5-12(9-17)6-8-13/h5-8,11H,3-4,10H2,1-2H3,(H2,18,19,20,21). The van der Waals surface area contributed by atoms with Crippen LogP contribution in [0.2, 0.25) is 0 Å². The van der Waals surface area contributed by atoms with Crippen LogP contribution < -0.4 is 10.6 Å². The molecule has 0 aliphatic carbocycles. The lowest BCUT2D eigenvalue weighted by Crippen LogP contribution is -2.08. The van der Waals surface area contributed by atoms with Gasteiger partial charge in [0.2, 0.25) is 0 Å². The first-order valence-corrected chi connectivity index (χ1v) is 7.03. The minimum absolute atomic E-state index is 0.669. The van der Waals surface area contributed by atoms with Crippen molar-refractivity contribution in [1.29, 1.82) is 5.26 Å². The van der Waals surface area contributed by atoms with Gasteiger partial charge >= 0.3 is 0 Å². The van der Waals surface area contributed by atoms with Crippen LogP contribution in [0.15, 0.2) is 30.6 Å². The third-order valence-corrected chi connectivity index (χ3v) is 3.23. The Morgan fingerprint density at radius 3 is 2.48 bits per heavy atom. The molecule has 1 aromatic heterocycles. The van der Waals surface area contributed by atoms with E-state index in [1.165, 1.54) is 0 Å². The Kier molecular flexibility index (Phi) is 5.10. The Bertz CT molecular complexity index is 628. The van der Waals surface area contributed by atoms with E-state index in [1.54, 1.807) is 6.33 Å². The van der Waals surface area contributed by atoms with Crippen molar-refractivity contribution in [3.8, 4) is 6.07 Å². The van der Waals surface area contributed by atoms with Crippen LogP contribution >= 0.6 is 0 Å². The lowest BCUT2D eigenvalue weighted by Gasteiger charge is -2.13. The van der Waals surface area contributed by atoms with E-state index in [0.717, 1.165) is 35.6 Å². The molecule has 5 heteroatoms. The second kappa shape index (κ2) is 7.25. The molecule has 5 nitrogen and oxygen atoms in total. The minimum Gasteiger partial charge on any atom is -0.373 e. The third-order valence-electron chi connectivity index (χ3n) is 3.23. The fraction of sp³-hybridized carbons (Fsp3) is 0.312. The Morgan fingerprint density at radius 2 is 1.86 bits per heavy atom. The highest BCUT2D eigenvalue weighted by Gasteiger charge is 2.09. The smallest absolute Gasteiger partial charge is 0.134 e. The average Bonchev–Trinajstić information content (AvgIpc) is 2.54. The second-order valence-corrected chi connectivity index (χ2v) is 4.71. The van der Waals surface area contributed by atoms with Crippen molar-refractivity contribution in [2.45, 2.75) is 26.3 Å². The molecule has 0 aliphatic rings. The van der Waals surface area contributed by atoms with Crippen LogP contribution in [0.1, 0.15) is 30.0 Å². The summed E-state index contributed by atoms with van der Waals surface area (Å²) in [6.07, 6.45) is 3.52. The predicted molar refractivity (Wildman–Crippen MR) is 84.1 cm³/mol. The molecule has 0 fully saturated rings. The molecule has 0 saturated carbocycles. The molecule has 0 radical (unpaired) electrons. The molecule has 0 unspecified atom stereocenters. The first-order valence-electron chi connectivity index (χ1n) is 7.03. The summed E-state index contributed by atoms with van der Waals surface area (Å²) in [6.45, 7) is 2.80. The minimum atomic E-state index is 0.669. The van der Waals surface area contributed by atoms with Crippen molar-refractivity contribution in [3.05, 3.63) is 47.3 Å².